The molecule has 0 unspecified atom stereocenters. The second-order valence-electron chi connectivity index (χ2n) is 5.93. The second kappa shape index (κ2) is 7.35. The summed E-state index contributed by atoms with van der Waals surface area (Å²) in [6.45, 7) is 2.40. The average molecular weight is 320 g/mol. The van der Waals surface area contributed by atoms with E-state index in [-0.39, 0.29) is 30.2 Å². The van der Waals surface area contributed by atoms with Crippen molar-refractivity contribution in [2.24, 2.45) is 11.7 Å². The van der Waals surface area contributed by atoms with E-state index in [9.17, 15) is 9.59 Å². The van der Waals surface area contributed by atoms with Gasteiger partial charge >= 0.3 is 0 Å². The van der Waals surface area contributed by atoms with Crippen molar-refractivity contribution in [2.75, 3.05) is 20.8 Å². The minimum absolute atomic E-state index is 0.0214. The molecule has 126 valence electrons. The maximum Gasteiger partial charge on any atom is 0.227 e. The SMILES string of the molecule is COc1ccc(CC(=O)N2C[C@@H](C(N)=O)CC[C@@H]2C)c(OC)c1. The van der Waals surface area contributed by atoms with Crippen LogP contribution in [0, 0.1) is 5.92 Å². The molecule has 6 nitrogen and oxygen atoms in total. The highest BCUT2D eigenvalue weighted by Gasteiger charge is 2.31. The molecule has 1 heterocycles. The zero-order valence-corrected chi connectivity index (χ0v) is 13.9. The van der Waals surface area contributed by atoms with E-state index in [0.29, 0.717) is 18.0 Å². The van der Waals surface area contributed by atoms with E-state index in [0.717, 1.165) is 18.4 Å². The number of nitrogens with two attached hydrogens (primary N) is 1. The van der Waals surface area contributed by atoms with Gasteiger partial charge in [0.2, 0.25) is 11.8 Å². The van der Waals surface area contributed by atoms with Crippen LogP contribution in [-0.4, -0.2) is 43.5 Å². The van der Waals surface area contributed by atoms with Crippen molar-refractivity contribution in [3.63, 3.8) is 0 Å². The van der Waals surface area contributed by atoms with Gasteiger partial charge in [0.1, 0.15) is 11.5 Å². The molecule has 2 amide bonds. The van der Waals surface area contributed by atoms with Gasteiger partial charge in [0, 0.05) is 24.2 Å². The van der Waals surface area contributed by atoms with Crippen molar-refractivity contribution in [2.45, 2.75) is 32.2 Å². The Bertz CT molecular complexity index is 588. The van der Waals surface area contributed by atoms with Gasteiger partial charge in [-0.2, -0.15) is 0 Å². The number of piperidine rings is 1. The quantitative estimate of drug-likeness (QED) is 0.888. The van der Waals surface area contributed by atoms with Gasteiger partial charge in [-0.25, -0.2) is 0 Å². The Balaban J connectivity index is 2.13. The fourth-order valence-electron chi connectivity index (χ4n) is 2.95. The van der Waals surface area contributed by atoms with Gasteiger partial charge in [-0.05, 0) is 25.8 Å². The molecule has 2 N–H and O–H groups in total. The fraction of sp³-hybridized carbons (Fsp3) is 0.529. The fourth-order valence-corrected chi connectivity index (χ4v) is 2.95. The van der Waals surface area contributed by atoms with E-state index in [1.807, 2.05) is 13.0 Å². The number of amides is 2. The maximum absolute atomic E-state index is 12.7. The first-order chi connectivity index (χ1) is 11.0. The Morgan fingerprint density at radius 3 is 2.61 bits per heavy atom. The summed E-state index contributed by atoms with van der Waals surface area (Å²) in [5.74, 6) is 0.684. The van der Waals surface area contributed by atoms with Crippen LogP contribution in [0.4, 0.5) is 0 Å². The number of hydrogen-bond donors (Lipinski definition) is 1. The lowest BCUT2D eigenvalue weighted by Crippen LogP contribution is -2.49. The number of ether oxygens (including phenoxy) is 2. The number of primary amides is 1. The minimum Gasteiger partial charge on any atom is -0.497 e. The van der Waals surface area contributed by atoms with Crippen LogP contribution in [0.5, 0.6) is 11.5 Å². The maximum atomic E-state index is 12.7. The van der Waals surface area contributed by atoms with Crippen molar-refractivity contribution in [3.05, 3.63) is 23.8 Å². The number of benzene rings is 1. The highest BCUT2D eigenvalue weighted by molar-refractivity contribution is 5.82. The molecule has 1 aliphatic rings. The van der Waals surface area contributed by atoms with E-state index < -0.39 is 0 Å². The first-order valence-corrected chi connectivity index (χ1v) is 7.76. The number of rotatable bonds is 5. The third kappa shape index (κ3) is 3.94. The molecule has 23 heavy (non-hydrogen) atoms. The Hall–Kier alpha value is -2.24. The smallest absolute Gasteiger partial charge is 0.227 e. The number of likely N-dealkylation sites (tertiary alicyclic amines) is 1. The van der Waals surface area contributed by atoms with E-state index in [1.54, 1.807) is 31.3 Å². The third-order valence-electron chi connectivity index (χ3n) is 4.44. The standard InChI is InChI=1S/C17H24N2O4/c1-11-4-5-13(17(18)21)10-19(11)16(20)8-12-6-7-14(22-2)9-15(12)23-3/h6-7,9,11,13H,4-5,8,10H2,1-3H3,(H2,18,21)/t11-,13-/m0/s1. The lowest BCUT2D eigenvalue weighted by molar-refractivity contribution is -0.137. The zero-order valence-electron chi connectivity index (χ0n) is 13.9. The molecule has 0 aromatic heterocycles. The topological polar surface area (TPSA) is 81.9 Å². The van der Waals surface area contributed by atoms with Crippen molar-refractivity contribution in [3.8, 4) is 11.5 Å². The predicted molar refractivity (Wildman–Crippen MR) is 86.3 cm³/mol. The summed E-state index contributed by atoms with van der Waals surface area (Å²) in [5.41, 5.74) is 6.19. The Morgan fingerprint density at radius 2 is 2.00 bits per heavy atom. The van der Waals surface area contributed by atoms with Crippen molar-refractivity contribution >= 4 is 11.8 Å². The first kappa shape index (κ1) is 17.1. The van der Waals surface area contributed by atoms with Crippen molar-refractivity contribution < 1.29 is 19.1 Å². The molecule has 1 aromatic rings. The molecule has 0 bridgehead atoms. The summed E-state index contributed by atoms with van der Waals surface area (Å²) in [6.07, 6.45) is 1.76. The van der Waals surface area contributed by atoms with E-state index in [1.165, 1.54) is 0 Å². The number of carbonyl (C=O) groups is 2. The van der Waals surface area contributed by atoms with Gasteiger partial charge < -0.3 is 20.1 Å². The summed E-state index contributed by atoms with van der Waals surface area (Å²) < 4.78 is 10.5. The highest BCUT2D eigenvalue weighted by atomic mass is 16.5. The Kier molecular flexibility index (Phi) is 5.47. The van der Waals surface area contributed by atoms with Crippen molar-refractivity contribution in [1.29, 1.82) is 0 Å². The van der Waals surface area contributed by atoms with Crippen LogP contribution in [0.15, 0.2) is 18.2 Å². The molecule has 0 saturated carbocycles. The van der Waals surface area contributed by atoms with Crippen LogP contribution >= 0.6 is 0 Å². The molecule has 6 heteroatoms. The van der Waals surface area contributed by atoms with Gasteiger partial charge in [-0.15, -0.1) is 0 Å². The highest BCUT2D eigenvalue weighted by Crippen LogP contribution is 2.27. The molecular formula is C17H24N2O4. The number of carbonyl (C=O) groups excluding carboxylic acids is 2. The van der Waals surface area contributed by atoms with E-state index in [4.69, 9.17) is 15.2 Å². The summed E-state index contributed by atoms with van der Waals surface area (Å²) in [6, 6.07) is 5.50. The van der Waals surface area contributed by atoms with Crippen LogP contribution in [0.2, 0.25) is 0 Å². The molecule has 1 saturated heterocycles. The summed E-state index contributed by atoms with van der Waals surface area (Å²) in [4.78, 5) is 25.8. The molecule has 2 atom stereocenters. The van der Waals surface area contributed by atoms with Gasteiger partial charge in [0.25, 0.3) is 0 Å². The number of nitrogens with zero attached hydrogens (tertiary/aromatic N) is 1. The summed E-state index contributed by atoms with van der Waals surface area (Å²) in [5, 5.41) is 0. The molecule has 2 rings (SSSR count). The molecule has 1 aliphatic heterocycles. The van der Waals surface area contributed by atoms with Gasteiger partial charge in [-0.1, -0.05) is 6.07 Å². The lowest BCUT2D eigenvalue weighted by atomic mass is 9.92. The third-order valence-corrected chi connectivity index (χ3v) is 4.44. The predicted octanol–water partition coefficient (Wildman–Crippen LogP) is 1.36. The molecule has 0 radical (unpaired) electrons. The van der Waals surface area contributed by atoms with Crippen LogP contribution in [-0.2, 0) is 16.0 Å². The average Bonchev–Trinajstić information content (AvgIpc) is 2.55. The number of methoxy groups -OCH3 is 2. The van der Waals surface area contributed by atoms with Gasteiger partial charge in [-0.3, -0.25) is 9.59 Å². The van der Waals surface area contributed by atoms with E-state index >= 15 is 0 Å². The first-order valence-electron chi connectivity index (χ1n) is 7.76. The lowest BCUT2D eigenvalue weighted by Gasteiger charge is -2.37. The molecular weight excluding hydrogens is 296 g/mol. The molecule has 1 aromatic carbocycles. The molecule has 1 fully saturated rings. The molecule has 0 aliphatic carbocycles. The van der Waals surface area contributed by atoms with Crippen LogP contribution < -0.4 is 15.2 Å². The monoisotopic (exact) mass is 320 g/mol. The van der Waals surface area contributed by atoms with Crippen LogP contribution in [0.25, 0.3) is 0 Å². The minimum atomic E-state index is -0.336. The second-order valence-corrected chi connectivity index (χ2v) is 5.93. The summed E-state index contributed by atoms with van der Waals surface area (Å²) in [7, 11) is 3.15. The van der Waals surface area contributed by atoms with Crippen molar-refractivity contribution in [1.82, 2.24) is 4.90 Å². The Morgan fingerprint density at radius 1 is 1.26 bits per heavy atom. The normalized spacial score (nSPS) is 20.9. The summed E-state index contributed by atoms with van der Waals surface area (Å²) >= 11 is 0. The molecule has 0 spiro atoms. The zero-order chi connectivity index (χ0) is 17.0. The van der Waals surface area contributed by atoms with Gasteiger partial charge in [0.05, 0.1) is 26.6 Å². The van der Waals surface area contributed by atoms with Gasteiger partial charge in [0.15, 0.2) is 0 Å². The largest absolute Gasteiger partial charge is 0.497 e. The van der Waals surface area contributed by atoms with E-state index in [2.05, 4.69) is 0 Å². The number of hydrogen-bond acceptors (Lipinski definition) is 4. The Labute approximate surface area is 136 Å². The van der Waals surface area contributed by atoms with Crippen LogP contribution in [0.1, 0.15) is 25.3 Å². The van der Waals surface area contributed by atoms with Crippen LogP contribution in [0.3, 0.4) is 0 Å².